The van der Waals surface area contributed by atoms with Gasteiger partial charge in [0.15, 0.2) is 0 Å². The summed E-state index contributed by atoms with van der Waals surface area (Å²) < 4.78 is 0. The van der Waals surface area contributed by atoms with Crippen LogP contribution in [0.1, 0.15) is 44.1 Å². The largest absolute Gasteiger partial charge is 0.313 e. The maximum atomic E-state index is 6.11. The second-order valence-corrected chi connectivity index (χ2v) is 8.15. The standard InChI is InChI=1S/C20H32ClN3/c1-16(17-4-3-5-18(21)14-17)15-22-19-6-12-24(13-7-19)20-8-10-23(2)11-9-20/h3-5,14,16,19-20,22H,6-13,15H2,1-2H3. The molecular weight excluding hydrogens is 318 g/mol. The van der Waals surface area contributed by atoms with Crippen LogP contribution in [0, 0.1) is 0 Å². The molecule has 134 valence electrons. The first-order valence-electron chi connectivity index (χ1n) is 9.53. The smallest absolute Gasteiger partial charge is 0.0408 e. The van der Waals surface area contributed by atoms with E-state index in [-0.39, 0.29) is 0 Å². The van der Waals surface area contributed by atoms with E-state index < -0.39 is 0 Å². The Morgan fingerprint density at radius 1 is 1.12 bits per heavy atom. The van der Waals surface area contributed by atoms with Gasteiger partial charge in [0.2, 0.25) is 0 Å². The third-order valence-electron chi connectivity index (χ3n) is 5.86. The topological polar surface area (TPSA) is 18.5 Å². The highest BCUT2D eigenvalue weighted by molar-refractivity contribution is 6.30. The average molecular weight is 350 g/mol. The third kappa shape index (κ3) is 4.95. The van der Waals surface area contributed by atoms with Gasteiger partial charge < -0.3 is 15.1 Å². The second kappa shape index (κ2) is 8.66. The van der Waals surface area contributed by atoms with Crippen LogP contribution >= 0.6 is 11.6 Å². The molecule has 0 spiro atoms. The van der Waals surface area contributed by atoms with Crippen LogP contribution in [0.3, 0.4) is 0 Å². The molecule has 3 nitrogen and oxygen atoms in total. The fourth-order valence-electron chi connectivity index (χ4n) is 4.10. The van der Waals surface area contributed by atoms with Gasteiger partial charge in [-0.2, -0.15) is 0 Å². The maximum absolute atomic E-state index is 6.11. The molecule has 24 heavy (non-hydrogen) atoms. The average Bonchev–Trinajstić information content (AvgIpc) is 2.61. The molecule has 1 aromatic rings. The van der Waals surface area contributed by atoms with E-state index in [0.29, 0.717) is 12.0 Å². The zero-order chi connectivity index (χ0) is 16.9. The Hall–Kier alpha value is -0.610. The van der Waals surface area contributed by atoms with Gasteiger partial charge in [0.05, 0.1) is 0 Å². The van der Waals surface area contributed by atoms with Crippen molar-refractivity contribution in [3.8, 4) is 0 Å². The molecule has 1 atom stereocenters. The van der Waals surface area contributed by atoms with E-state index >= 15 is 0 Å². The molecule has 2 aliphatic heterocycles. The molecule has 0 radical (unpaired) electrons. The van der Waals surface area contributed by atoms with Gasteiger partial charge in [-0.1, -0.05) is 30.7 Å². The summed E-state index contributed by atoms with van der Waals surface area (Å²) in [5.74, 6) is 0.510. The zero-order valence-electron chi connectivity index (χ0n) is 15.2. The summed E-state index contributed by atoms with van der Waals surface area (Å²) in [6.45, 7) is 8.38. The Morgan fingerprint density at radius 2 is 1.83 bits per heavy atom. The summed E-state index contributed by atoms with van der Waals surface area (Å²) in [5.41, 5.74) is 1.33. The quantitative estimate of drug-likeness (QED) is 0.876. The van der Waals surface area contributed by atoms with Crippen molar-refractivity contribution in [3.63, 3.8) is 0 Å². The number of piperidine rings is 2. The van der Waals surface area contributed by atoms with E-state index in [4.69, 9.17) is 11.6 Å². The zero-order valence-corrected chi connectivity index (χ0v) is 15.9. The van der Waals surface area contributed by atoms with E-state index in [1.165, 1.54) is 57.4 Å². The van der Waals surface area contributed by atoms with E-state index in [1.54, 1.807) is 0 Å². The van der Waals surface area contributed by atoms with Crippen molar-refractivity contribution in [2.24, 2.45) is 0 Å². The summed E-state index contributed by atoms with van der Waals surface area (Å²) in [6.07, 6.45) is 5.27. The summed E-state index contributed by atoms with van der Waals surface area (Å²) in [4.78, 5) is 5.20. The van der Waals surface area contributed by atoms with Crippen molar-refractivity contribution in [1.29, 1.82) is 0 Å². The Balaban J connectivity index is 1.39. The Morgan fingerprint density at radius 3 is 2.50 bits per heavy atom. The Kier molecular flexibility index (Phi) is 6.56. The predicted molar refractivity (Wildman–Crippen MR) is 103 cm³/mol. The van der Waals surface area contributed by atoms with Crippen LogP contribution in [0.25, 0.3) is 0 Å². The van der Waals surface area contributed by atoms with Crippen LogP contribution in [0.15, 0.2) is 24.3 Å². The highest BCUT2D eigenvalue weighted by atomic mass is 35.5. The normalized spacial score (nSPS) is 23.5. The Labute approximate surface area is 152 Å². The van der Waals surface area contributed by atoms with E-state index in [9.17, 15) is 0 Å². The fourth-order valence-corrected chi connectivity index (χ4v) is 4.30. The molecule has 2 aliphatic rings. The van der Waals surface area contributed by atoms with Crippen LogP contribution in [-0.4, -0.2) is 61.7 Å². The van der Waals surface area contributed by atoms with E-state index in [0.717, 1.165) is 17.6 Å². The molecule has 1 unspecified atom stereocenters. The number of halogens is 1. The van der Waals surface area contributed by atoms with E-state index in [1.807, 2.05) is 12.1 Å². The van der Waals surface area contributed by atoms with Crippen LogP contribution in [0.5, 0.6) is 0 Å². The van der Waals surface area contributed by atoms with Gasteiger partial charge in [-0.25, -0.2) is 0 Å². The summed E-state index contributed by atoms with van der Waals surface area (Å²) in [5, 5.41) is 4.63. The lowest BCUT2D eigenvalue weighted by Crippen LogP contribution is -2.50. The minimum Gasteiger partial charge on any atom is -0.313 e. The lowest BCUT2D eigenvalue weighted by Gasteiger charge is -2.41. The number of hydrogen-bond donors (Lipinski definition) is 1. The molecule has 0 amide bonds. The van der Waals surface area contributed by atoms with Gasteiger partial charge in [0.1, 0.15) is 0 Å². The molecule has 2 fully saturated rings. The van der Waals surface area contributed by atoms with Crippen molar-refractivity contribution in [1.82, 2.24) is 15.1 Å². The van der Waals surface area contributed by atoms with Crippen molar-refractivity contribution in [2.75, 3.05) is 39.8 Å². The molecule has 1 N–H and O–H groups in total. The van der Waals surface area contributed by atoms with Crippen molar-refractivity contribution in [2.45, 2.75) is 50.6 Å². The molecular formula is C20H32ClN3. The van der Waals surface area contributed by atoms with Gasteiger partial charge in [0, 0.05) is 23.7 Å². The van der Waals surface area contributed by atoms with E-state index in [2.05, 4.69) is 41.2 Å². The summed E-state index contributed by atoms with van der Waals surface area (Å²) in [7, 11) is 2.24. The van der Waals surface area contributed by atoms with Gasteiger partial charge in [-0.05, 0) is 82.5 Å². The molecule has 0 bridgehead atoms. The Bertz CT molecular complexity index is 505. The van der Waals surface area contributed by atoms with Crippen molar-refractivity contribution in [3.05, 3.63) is 34.9 Å². The highest BCUT2D eigenvalue weighted by Crippen LogP contribution is 2.22. The van der Waals surface area contributed by atoms with Gasteiger partial charge >= 0.3 is 0 Å². The number of nitrogens with one attached hydrogen (secondary N) is 1. The number of benzene rings is 1. The van der Waals surface area contributed by atoms with Crippen LogP contribution in [0.4, 0.5) is 0 Å². The fraction of sp³-hybridized carbons (Fsp3) is 0.700. The molecule has 4 heteroatoms. The predicted octanol–water partition coefficient (Wildman–Crippen LogP) is 3.59. The first-order chi connectivity index (χ1) is 11.6. The summed E-state index contributed by atoms with van der Waals surface area (Å²) in [6, 6.07) is 9.78. The molecule has 0 aromatic heterocycles. The number of rotatable bonds is 5. The minimum absolute atomic E-state index is 0.510. The van der Waals surface area contributed by atoms with Gasteiger partial charge in [-0.15, -0.1) is 0 Å². The first-order valence-corrected chi connectivity index (χ1v) is 9.91. The summed E-state index contributed by atoms with van der Waals surface area (Å²) >= 11 is 6.11. The molecule has 3 rings (SSSR count). The third-order valence-corrected chi connectivity index (χ3v) is 6.10. The highest BCUT2D eigenvalue weighted by Gasteiger charge is 2.27. The SMILES string of the molecule is CC(CNC1CCN(C2CCN(C)CC2)CC1)c1cccc(Cl)c1. The van der Waals surface area contributed by atoms with Crippen LogP contribution in [-0.2, 0) is 0 Å². The number of hydrogen-bond acceptors (Lipinski definition) is 3. The molecule has 2 saturated heterocycles. The second-order valence-electron chi connectivity index (χ2n) is 7.71. The number of nitrogens with zero attached hydrogens (tertiary/aromatic N) is 2. The number of likely N-dealkylation sites (tertiary alicyclic amines) is 2. The lowest BCUT2D eigenvalue weighted by atomic mass is 9.97. The first kappa shape index (κ1) is 18.2. The monoisotopic (exact) mass is 349 g/mol. The molecule has 0 aliphatic carbocycles. The molecule has 0 saturated carbocycles. The van der Waals surface area contributed by atoms with Gasteiger partial charge in [-0.3, -0.25) is 0 Å². The van der Waals surface area contributed by atoms with Gasteiger partial charge in [0.25, 0.3) is 0 Å². The van der Waals surface area contributed by atoms with Crippen molar-refractivity contribution >= 4 is 11.6 Å². The van der Waals surface area contributed by atoms with Crippen LogP contribution in [0.2, 0.25) is 5.02 Å². The lowest BCUT2D eigenvalue weighted by molar-refractivity contribution is 0.0922. The molecule has 1 aromatic carbocycles. The van der Waals surface area contributed by atoms with Crippen molar-refractivity contribution < 1.29 is 0 Å². The maximum Gasteiger partial charge on any atom is 0.0408 e. The molecule has 2 heterocycles. The van der Waals surface area contributed by atoms with Crippen LogP contribution < -0.4 is 5.32 Å². The minimum atomic E-state index is 0.510.